The monoisotopic (exact) mass is 251 g/mol. The predicted octanol–water partition coefficient (Wildman–Crippen LogP) is 2.06. The van der Waals surface area contributed by atoms with Gasteiger partial charge in [0.05, 0.1) is 12.7 Å². The SMILES string of the molecule is COc1ccc(O)c(CNCC2(C)CCCO2)c1. The van der Waals surface area contributed by atoms with E-state index in [0.29, 0.717) is 12.3 Å². The Balaban J connectivity index is 1.89. The molecule has 0 spiro atoms. The molecule has 4 heteroatoms. The summed E-state index contributed by atoms with van der Waals surface area (Å²) in [5.74, 6) is 1.05. The Morgan fingerprint density at radius 2 is 2.33 bits per heavy atom. The molecule has 1 aliphatic heterocycles. The van der Waals surface area contributed by atoms with Crippen LogP contribution in [0.2, 0.25) is 0 Å². The second kappa shape index (κ2) is 5.59. The highest BCUT2D eigenvalue weighted by Crippen LogP contribution is 2.25. The lowest BCUT2D eigenvalue weighted by Gasteiger charge is -2.23. The highest BCUT2D eigenvalue weighted by molar-refractivity contribution is 5.39. The first kappa shape index (κ1) is 13.2. The Kier molecular flexibility index (Phi) is 4.09. The minimum Gasteiger partial charge on any atom is -0.508 e. The average molecular weight is 251 g/mol. The normalized spacial score (nSPS) is 23.2. The van der Waals surface area contributed by atoms with Crippen molar-refractivity contribution in [3.05, 3.63) is 23.8 Å². The maximum atomic E-state index is 9.76. The topological polar surface area (TPSA) is 50.7 Å². The van der Waals surface area contributed by atoms with Gasteiger partial charge < -0.3 is 19.9 Å². The standard InChI is InChI=1S/C14H21NO3/c1-14(6-3-7-18-14)10-15-9-11-8-12(17-2)4-5-13(11)16/h4-5,8,15-16H,3,6-7,9-10H2,1-2H3. The average Bonchev–Trinajstić information content (AvgIpc) is 2.79. The Labute approximate surface area is 108 Å². The highest BCUT2D eigenvalue weighted by atomic mass is 16.5. The molecule has 2 rings (SSSR count). The third-order valence-electron chi connectivity index (χ3n) is 3.40. The Hall–Kier alpha value is -1.26. The molecule has 1 saturated heterocycles. The number of ether oxygens (including phenoxy) is 2. The van der Waals surface area contributed by atoms with Crippen molar-refractivity contribution < 1.29 is 14.6 Å². The van der Waals surface area contributed by atoms with Crippen molar-refractivity contribution in [2.24, 2.45) is 0 Å². The van der Waals surface area contributed by atoms with Crippen LogP contribution < -0.4 is 10.1 Å². The van der Waals surface area contributed by atoms with Crippen molar-refractivity contribution in [1.82, 2.24) is 5.32 Å². The molecule has 1 atom stereocenters. The second-order valence-electron chi connectivity index (χ2n) is 5.00. The lowest BCUT2D eigenvalue weighted by atomic mass is 10.0. The zero-order valence-electron chi connectivity index (χ0n) is 11.0. The third-order valence-corrected chi connectivity index (χ3v) is 3.40. The van der Waals surface area contributed by atoms with Crippen LogP contribution in [0.15, 0.2) is 18.2 Å². The lowest BCUT2D eigenvalue weighted by Crippen LogP contribution is -2.36. The molecule has 1 aliphatic rings. The fourth-order valence-electron chi connectivity index (χ4n) is 2.27. The van der Waals surface area contributed by atoms with E-state index >= 15 is 0 Å². The van der Waals surface area contributed by atoms with Gasteiger partial charge in [-0.05, 0) is 38.0 Å². The van der Waals surface area contributed by atoms with Gasteiger partial charge in [0.25, 0.3) is 0 Å². The molecular formula is C14H21NO3. The molecule has 0 bridgehead atoms. The molecule has 100 valence electrons. The molecule has 0 radical (unpaired) electrons. The van der Waals surface area contributed by atoms with Crippen molar-refractivity contribution >= 4 is 0 Å². The molecule has 18 heavy (non-hydrogen) atoms. The van der Waals surface area contributed by atoms with E-state index in [4.69, 9.17) is 9.47 Å². The summed E-state index contributed by atoms with van der Waals surface area (Å²) in [6.07, 6.45) is 2.21. The van der Waals surface area contributed by atoms with Gasteiger partial charge in [0.1, 0.15) is 11.5 Å². The van der Waals surface area contributed by atoms with E-state index in [2.05, 4.69) is 12.2 Å². The number of hydrogen-bond donors (Lipinski definition) is 2. The van der Waals surface area contributed by atoms with Crippen LogP contribution in [-0.2, 0) is 11.3 Å². The van der Waals surface area contributed by atoms with Gasteiger partial charge in [0.2, 0.25) is 0 Å². The number of methoxy groups -OCH3 is 1. The molecule has 0 aliphatic carbocycles. The quantitative estimate of drug-likeness (QED) is 0.841. The molecule has 4 nitrogen and oxygen atoms in total. The molecule has 1 fully saturated rings. The van der Waals surface area contributed by atoms with Crippen LogP contribution in [0.1, 0.15) is 25.3 Å². The van der Waals surface area contributed by atoms with Crippen LogP contribution in [0.5, 0.6) is 11.5 Å². The Morgan fingerprint density at radius 1 is 1.50 bits per heavy atom. The van der Waals surface area contributed by atoms with E-state index in [1.807, 2.05) is 6.07 Å². The van der Waals surface area contributed by atoms with Crippen molar-refractivity contribution in [2.75, 3.05) is 20.3 Å². The summed E-state index contributed by atoms with van der Waals surface area (Å²) in [5.41, 5.74) is 0.782. The van der Waals surface area contributed by atoms with Gasteiger partial charge in [0.15, 0.2) is 0 Å². The fourth-order valence-corrected chi connectivity index (χ4v) is 2.27. The van der Waals surface area contributed by atoms with Gasteiger partial charge in [-0.2, -0.15) is 0 Å². The molecule has 2 N–H and O–H groups in total. The summed E-state index contributed by atoms with van der Waals surface area (Å²) in [4.78, 5) is 0. The Bertz CT molecular complexity index is 400. The zero-order valence-corrected chi connectivity index (χ0v) is 11.0. The largest absolute Gasteiger partial charge is 0.508 e. The van der Waals surface area contributed by atoms with E-state index in [1.165, 1.54) is 0 Å². The smallest absolute Gasteiger partial charge is 0.120 e. The first-order chi connectivity index (χ1) is 8.63. The maximum absolute atomic E-state index is 9.76. The van der Waals surface area contributed by atoms with Crippen molar-refractivity contribution in [2.45, 2.75) is 31.9 Å². The Morgan fingerprint density at radius 3 is 3.00 bits per heavy atom. The highest BCUT2D eigenvalue weighted by Gasteiger charge is 2.29. The first-order valence-corrected chi connectivity index (χ1v) is 6.33. The van der Waals surface area contributed by atoms with Gasteiger partial charge in [-0.3, -0.25) is 0 Å². The van der Waals surface area contributed by atoms with E-state index < -0.39 is 0 Å². The minimum absolute atomic E-state index is 0.0610. The van der Waals surface area contributed by atoms with E-state index in [9.17, 15) is 5.11 Å². The molecular weight excluding hydrogens is 230 g/mol. The summed E-state index contributed by atoms with van der Waals surface area (Å²) in [5, 5.41) is 13.1. The molecule has 0 saturated carbocycles. The lowest BCUT2D eigenvalue weighted by molar-refractivity contribution is 0.0206. The van der Waals surface area contributed by atoms with Crippen LogP contribution in [0.3, 0.4) is 0 Å². The van der Waals surface area contributed by atoms with Gasteiger partial charge in [-0.15, -0.1) is 0 Å². The predicted molar refractivity (Wildman–Crippen MR) is 70.0 cm³/mol. The second-order valence-corrected chi connectivity index (χ2v) is 5.00. The van der Waals surface area contributed by atoms with E-state index in [-0.39, 0.29) is 5.60 Å². The third kappa shape index (κ3) is 3.15. The van der Waals surface area contributed by atoms with Crippen LogP contribution in [0.4, 0.5) is 0 Å². The summed E-state index contributed by atoms with van der Waals surface area (Å²) < 4.78 is 10.8. The number of aromatic hydroxyl groups is 1. The van der Waals surface area contributed by atoms with Gasteiger partial charge >= 0.3 is 0 Å². The van der Waals surface area contributed by atoms with Gasteiger partial charge in [-0.25, -0.2) is 0 Å². The number of rotatable bonds is 5. The van der Waals surface area contributed by atoms with Gasteiger partial charge in [-0.1, -0.05) is 0 Å². The van der Waals surface area contributed by atoms with E-state index in [1.54, 1.807) is 19.2 Å². The number of nitrogens with one attached hydrogen (secondary N) is 1. The fraction of sp³-hybridized carbons (Fsp3) is 0.571. The van der Waals surface area contributed by atoms with Crippen molar-refractivity contribution in [1.29, 1.82) is 0 Å². The van der Waals surface area contributed by atoms with Crippen LogP contribution >= 0.6 is 0 Å². The number of phenolic OH excluding ortho intramolecular Hbond substituents is 1. The number of phenols is 1. The van der Waals surface area contributed by atoms with Crippen LogP contribution in [-0.4, -0.2) is 31.0 Å². The van der Waals surface area contributed by atoms with Gasteiger partial charge in [0, 0.05) is 25.3 Å². The first-order valence-electron chi connectivity index (χ1n) is 6.33. The maximum Gasteiger partial charge on any atom is 0.120 e. The molecule has 0 amide bonds. The molecule has 1 heterocycles. The zero-order chi connectivity index (χ0) is 13.0. The van der Waals surface area contributed by atoms with Crippen LogP contribution in [0.25, 0.3) is 0 Å². The minimum atomic E-state index is -0.0610. The van der Waals surface area contributed by atoms with Crippen molar-refractivity contribution in [3.63, 3.8) is 0 Å². The summed E-state index contributed by atoms with van der Waals surface area (Å²) >= 11 is 0. The van der Waals surface area contributed by atoms with E-state index in [0.717, 1.165) is 37.3 Å². The molecule has 1 unspecified atom stereocenters. The van der Waals surface area contributed by atoms with Crippen LogP contribution in [0, 0.1) is 0 Å². The van der Waals surface area contributed by atoms with Crippen molar-refractivity contribution in [3.8, 4) is 11.5 Å². The summed E-state index contributed by atoms with van der Waals surface area (Å²) in [6, 6.07) is 5.25. The number of benzene rings is 1. The molecule has 0 aromatic heterocycles. The molecule has 1 aromatic rings. The molecule has 1 aromatic carbocycles. The number of hydrogen-bond acceptors (Lipinski definition) is 4. The summed E-state index contributed by atoms with van der Waals surface area (Å²) in [6.45, 7) is 4.38. The summed E-state index contributed by atoms with van der Waals surface area (Å²) in [7, 11) is 1.62.